The molecule has 0 radical (unpaired) electrons. The van der Waals surface area contributed by atoms with E-state index in [-0.39, 0.29) is 35.0 Å². The van der Waals surface area contributed by atoms with E-state index in [0.29, 0.717) is 28.7 Å². The summed E-state index contributed by atoms with van der Waals surface area (Å²) in [6.45, 7) is 0.813. The molecule has 4 rings (SSSR count). The number of piperidine rings is 1. The number of likely N-dealkylation sites (tertiary alicyclic amines) is 1. The summed E-state index contributed by atoms with van der Waals surface area (Å²) in [5.41, 5.74) is -4.56. The summed E-state index contributed by atoms with van der Waals surface area (Å²) >= 11 is 1.06. The molecular formula is C27H27F7N4O2S2. The fourth-order valence-corrected chi connectivity index (χ4v) is 6.54. The lowest BCUT2D eigenvalue weighted by Gasteiger charge is -2.33. The fraction of sp³-hybridized carbons (Fsp3) is 0.407. The molecule has 0 bridgehead atoms. The van der Waals surface area contributed by atoms with Crippen molar-refractivity contribution in [1.29, 1.82) is 4.78 Å². The van der Waals surface area contributed by atoms with Gasteiger partial charge in [0.1, 0.15) is 11.9 Å². The number of thiophene rings is 1. The zero-order chi connectivity index (χ0) is 30.9. The molecule has 3 atom stereocenters. The number of methoxy groups -OCH3 is 1. The van der Waals surface area contributed by atoms with Gasteiger partial charge in [-0.25, -0.2) is 13.4 Å². The summed E-state index contributed by atoms with van der Waals surface area (Å²) in [5.74, 6) is 5.39. The van der Waals surface area contributed by atoms with Crippen molar-refractivity contribution in [3.63, 3.8) is 0 Å². The topological polar surface area (TPSA) is 77.4 Å². The first-order chi connectivity index (χ1) is 19.6. The minimum atomic E-state index is -5.27. The summed E-state index contributed by atoms with van der Waals surface area (Å²) in [6.07, 6.45) is -6.33. The highest BCUT2D eigenvalue weighted by Crippen LogP contribution is 2.40. The summed E-state index contributed by atoms with van der Waals surface area (Å²) in [7, 11) is -2.09. The minimum absolute atomic E-state index is 0.00174. The lowest BCUT2D eigenvalue weighted by Crippen LogP contribution is -2.46. The average molecular weight is 637 g/mol. The number of benzene rings is 2. The maximum Gasteiger partial charge on any atom is 0.483 e. The van der Waals surface area contributed by atoms with Crippen LogP contribution in [0.3, 0.4) is 0 Å². The van der Waals surface area contributed by atoms with Crippen LogP contribution in [-0.2, 0) is 16.1 Å². The number of fused-ring (bicyclic) bond motifs is 1. The molecule has 6 nitrogen and oxygen atoms in total. The number of hydrogen-bond acceptors (Lipinski definition) is 7. The molecule has 0 amide bonds. The van der Waals surface area contributed by atoms with Crippen LogP contribution in [0.2, 0.25) is 0 Å². The Bertz CT molecular complexity index is 1610. The summed E-state index contributed by atoms with van der Waals surface area (Å²) in [5, 5.41) is 6.35. The van der Waals surface area contributed by atoms with Gasteiger partial charge in [-0.1, -0.05) is 24.0 Å². The SMILES string of the molecule is COc1cc(S(=N)(=O)C(F)(F)F)ccc1NCC#Cc1sc2c(N[C@@H]3CCN(C)CC3F)cccc2c1CC(F)(F)F. The molecule has 1 aliphatic heterocycles. The number of nitrogens with one attached hydrogen (secondary N) is 3. The molecule has 3 N–H and O–H groups in total. The molecule has 2 heterocycles. The van der Waals surface area contributed by atoms with Crippen LogP contribution in [0.5, 0.6) is 5.75 Å². The van der Waals surface area contributed by atoms with Crippen LogP contribution in [0.25, 0.3) is 10.1 Å². The van der Waals surface area contributed by atoms with Gasteiger partial charge < -0.3 is 20.3 Å². The van der Waals surface area contributed by atoms with E-state index in [0.717, 1.165) is 29.5 Å². The van der Waals surface area contributed by atoms with E-state index < -0.39 is 44.9 Å². The van der Waals surface area contributed by atoms with E-state index in [1.165, 1.54) is 7.11 Å². The molecule has 0 saturated carbocycles. The van der Waals surface area contributed by atoms with Gasteiger partial charge in [-0.05, 0) is 48.7 Å². The van der Waals surface area contributed by atoms with Gasteiger partial charge in [-0.2, -0.15) is 26.3 Å². The van der Waals surface area contributed by atoms with E-state index in [4.69, 9.17) is 9.52 Å². The predicted molar refractivity (Wildman–Crippen MR) is 150 cm³/mol. The highest BCUT2D eigenvalue weighted by Gasteiger charge is 2.43. The molecule has 42 heavy (non-hydrogen) atoms. The van der Waals surface area contributed by atoms with E-state index >= 15 is 0 Å². The summed E-state index contributed by atoms with van der Waals surface area (Å²) in [6, 6.07) is 7.28. The normalized spacial score (nSPS) is 19.5. The molecule has 2 unspecified atom stereocenters. The molecule has 0 spiro atoms. The third kappa shape index (κ3) is 7.04. The van der Waals surface area contributed by atoms with Crippen molar-refractivity contribution >= 4 is 42.5 Å². The molecule has 2 aromatic carbocycles. The number of hydrogen-bond donors (Lipinski definition) is 3. The van der Waals surface area contributed by atoms with Crippen LogP contribution in [-0.4, -0.2) is 66.8 Å². The van der Waals surface area contributed by atoms with Crippen molar-refractivity contribution < 1.29 is 39.7 Å². The maximum atomic E-state index is 14.7. The van der Waals surface area contributed by atoms with Crippen molar-refractivity contribution in [2.45, 2.75) is 41.6 Å². The molecule has 1 aliphatic rings. The first kappa shape index (κ1) is 31.7. The Balaban J connectivity index is 1.60. The van der Waals surface area contributed by atoms with Gasteiger partial charge in [-0.15, -0.1) is 11.3 Å². The number of alkyl halides is 7. The number of anilines is 2. The van der Waals surface area contributed by atoms with E-state index in [1.807, 2.05) is 11.9 Å². The monoisotopic (exact) mass is 636 g/mol. The van der Waals surface area contributed by atoms with E-state index in [1.54, 1.807) is 18.2 Å². The van der Waals surface area contributed by atoms with Crippen LogP contribution >= 0.6 is 11.3 Å². The Hall–Kier alpha value is -3.22. The Morgan fingerprint density at radius 2 is 1.90 bits per heavy atom. The average Bonchev–Trinajstić information content (AvgIpc) is 3.24. The molecule has 0 aliphatic carbocycles. The van der Waals surface area contributed by atoms with Crippen LogP contribution < -0.4 is 15.4 Å². The first-order valence-electron chi connectivity index (χ1n) is 12.6. The van der Waals surface area contributed by atoms with Crippen LogP contribution in [0.1, 0.15) is 16.9 Å². The van der Waals surface area contributed by atoms with E-state index in [2.05, 4.69) is 22.5 Å². The second-order valence-electron chi connectivity index (χ2n) is 9.72. The largest absolute Gasteiger partial charge is 0.495 e. The molecule has 1 fully saturated rings. The molecule has 3 aromatic rings. The second-order valence-corrected chi connectivity index (χ2v) is 12.8. The van der Waals surface area contributed by atoms with Crippen molar-refractivity contribution in [2.75, 3.05) is 44.4 Å². The Morgan fingerprint density at radius 3 is 2.55 bits per heavy atom. The van der Waals surface area contributed by atoms with Gasteiger partial charge in [0.05, 0.1) is 52.0 Å². The quantitative estimate of drug-likeness (QED) is 0.195. The van der Waals surface area contributed by atoms with E-state index in [9.17, 15) is 34.9 Å². The van der Waals surface area contributed by atoms with Crippen molar-refractivity contribution in [2.24, 2.45) is 0 Å². The third-order valence-corrected chi connectivity index (χ3v) is 9.45. The smallest absolute Gasteiger partial charge is 0.483 e. The highest BCUT2D eigenvalue weighted by atomic mass is 32.2. The summed E-state index contributed by atoms with van der Waals surface area (Å²) in [4.78, 5) is 1.27. The zero-order valence-electron chi connectivity index (χ0n) is 22.4. The Kier molecular flexibility index (Phi) is 9.19. The van der Waals surface area contributed by atoms with Crippen molar-refractivity contribution in [1.82, 2.24) is 4.90 Å². The number of halogens is 7. The Morgan fingerprint density at radius 1 is 1.17 bits per heavy atom. The molecule has 1 saturated heterocycles. The van der Waals surface area contributed by atoms with Crippen molar-refractivity contribution in [3.05, 3.63) is 46.8 Å². The Labute approximate surface area is 242 Å². The van der Waals surface area contributed by atoms with Crippen LogP contribution in [0.15, 0.2) is 41.3 Å². The van der Waals surface area contributed by atoms with Gasteiger partial charge in [0.25, 0.3) is 0 Å². The third-order valence-electron chi connectivity index (χ3n) is 6.68. The predicted octanol–water partition coefficient (Wildman–Crippen LogP) is 6.86. The minimum Gasteiger partial charge on any atom is -0.495 e. The second kappa shape index (κ2) is 12.2. The van der Waals surface area contributed by atoms with Gasteiger partial charge in [0, 0.05) is 13.1 Å². The number of ether oxygens (including phenoxy) is 1. The first-order valence-corrected chi connectivity index (χ1v) is 14.9. The van der Waals surface area contributed by atoms with Gasteiger partial charge in [-0.3, -0.25) is 0 Å². The van der Waals surface area contributed by atoms with Crippen molar-refractivity contribution in [3.8, 4) is 17.6 Å². The molecule has 1 aromatic heterocycles. The fourth-order valence-electron chi connectivity index (χ4n) is 4.57. The molecule has 228 valence electrons. The highest BCUT2D eigenvalue weighted by molar-refractivity contribution is 7.93. The van der Waals surface area contributed by atoms with Gasteiger partial charge in [0.15, 0.2) is 9.73 Å². The molecule has 15 heteroatoms. The van der Waals surface area contributed by atoms with Gasteiger partial charge in [0.2, 0.25) is 0 Å². The van der Waals surface area contributed by atoms with Gasteiger partial charge >= 0.3 is 11.7 Å². The number of rotatable bonds is 7. The summed E-state index contributed by atoms with van der Waals surface area (Å²) < 4.78 is 119. The maximum absolute atomic E-state index is 14.7. The standard InChI is InChI=1S/C27H27F7N4O2S2/c1-38-12-10-20(19(28)15-38)37-22-6-3-5-17-18(14-26(29,30)31)24(41-25(17)22)7-4-11-36-21-9-8-16(13-23(21)40-2)42(35,39)27(32,33)34/h3,5-6,8-9,13,19-20,35-37H,10-12,14-15H2,1-2H3/t19?,20-,42?/m1/s1. The van der Waals surface area contributed by atoms with Crippen LogP contribution in [0.4, 0.5) is 42.1 Å². The lowest BCUT2D eigenvalue weighted by molar-refractivity contribution is -0.126. The van der Waals surface area contributed by atoms with Crippen LogP contribution in [0, 0.1) is 16.6 Å². The molecular weight excluding hydrogens is 609 g/mol. The lowest BCUT2D eigenvalue weighted by atomic mass is 10.0. The number of nitrogens with zero attached hydrogens (tertiary/aromatic N) is 1. The zero-order valence-corrected chi connectivity index (χ0v) is 24.0.